The van der Waals surface area contributed by atoms with Crippen LogP contribution < -0.4 is 4.74 Å². The number of nitrogens with zero attached hydrogens (tertiary/aromatic N) is 1. The van der Waals surface area contributed by atoms with E-state index in [4.69, 9.17) is 9.47 Å². The summed E-state index contributed by atoms with van der Waals surface area (Å²) in [6.07, 6.45) is -11.0. The topological polar surface area (TPSA) is 65.1 Å². The van der Waals surface area contributed by atoms with E-state index >= 15 is 4.39 Å². The second kappa shape index (κ2) is 13.3. The molecule has 14 heteroatoms. The average molecular weight is 712 g/mol. The number of hydrogen-bond acceptors (Lipinski definition) is 5. The van der Waals surface area contributed by atoms with Gasteiger partial charge in [-0.1, -0.05) is 19.9 Å². The molecule has 1 saturated heterocycles. The van der Waals surface area contributed by atoms with Crippen LogP contribution in [-0.2, 0) is 21.8 Å². The first kappa shape index (κ1) is 36.7. The minimum absolute atomic E-state index is 0.00757. The third kappa shape index (κ3) is 7.29. The summed E-state index contributed by atoms with van der Waals surface area (Å²) in [6.45, 7) is 5.37. The second-order valence-corrected chi connectivity index (χ2v) is 13.2. The van der Waals surface area contributed by atoms with Crippen LogP contribution in [0.3, 0.4) is 0 Å². The molecule has 1 aliphatic carbocycles. The molecule has 268 valence electrons. The summed E-state index contributed by atoms with van der Waals surface area (Å²) in [5.41, 5.74) is -2.21. The van der Waals surface area contributed by atoms with Crippen LogP contribution in [0.4, 0.5) is 39.9 Å². The minimum atomic E-state index is -5.09. The number of carbonyl (C=O) groups is 2. The van der Waals surface area contributed by atoms with E-state index < -0.39 is 64.9 Å². The van der Waals surface area contributed by atoms with E-state index in [1.807, 2.05) is 13.8 Å². The van der Waals surface area contributed by atoms with E-state index in [9.17, 15) is 40.3 Å². The Kier molecular flexibility index (Phi) is 9.72. The van der Waals surface area contributed by atoms with Gasteiger partial charge in [-0.3, -0.25) is 4.90 Å². The molecule has 6 nitrogen and oxygen atoms in total. The lowest BCUT2D eigenvalue weighted by Gasteiger charge is -2.36. The highest BCUT2D eigenvalue weighted by atomic mass is 19.4. The van der Waals surface area contributed by atoms with E-state index in [2.05, 4.69) is 4.74 Å². The lowest BCUT2D eigenvalue weighted by molar-refractivity contribution is -0.143. The van der Waals surface area contributed by atoms with Crippen molar-refractivity contribution in [3.8, 4) is 16.9 Å². The number of alkyl halides is 6. The van der Waals surface area contributed by atoms with Crippen LogP contribution >= 0.6 is 0 Å². The molecule has 1 amide bonds. The Labute approximate surface area is 282 Å². The van der Waals surface area contributed by atoms with Crippen molar-refractivity contribution in [1.82, 2.24) is 4.90 Å². The Morgan fingerprint density at radius 1 is 0.920 bits per heavy atom. The predicted octanol–water partition coefficient (Wildman–Crippen LogP) is 10.0. The van der Waals surface area contributed by atoms with Crippen molar-refractivity contribution in [3.05, 3.63) is 93.6 Å². The Bertz CT molecular complexity index is 1830. The van der Waals surface area contributed by atoms with E-state index in [1.54, 1.807) is 0 Å². The number of carbonyl (C=O) groups excluding carboxylic acids is 2. The van der Waals surface area contributed by atoms with Crippen LogP contribution in [0.15, 0.2) is 54.1 Å². The summed E-state index contributed by atoms with van der Waals surface area (Å²) >= 11 is 0. The summed E-state index contributed by atoms with van der Waals surface area (Å²) in [5.74, 6) is -2.43. The molecule has 1 heterocycles. The van der Waals surface area contributed by atoms with Crippen molar-refractivity contribution in [2.24, 2.45) is 5.41 Å². The minimum Gasteiger partial charge on any atom is -0.496 e. The SMILES string of the molecule is COC(=O)c1ccc(-c2cc(C3=C(CN4C(=O)O[C@H](c5cc(C(F)(F)F)cc(C(F)(F)F)c5)[C@@H]4C)CC(C)(C)CC3)c(OC)cc2F)cc1F. The van der Waals surface area contributed by atoms with Gasteiger partial charge in [0.1, 0.15) is 23.5 Å². The number of amides is 1. The molecular formula is C36H33F8NO5. The summed E-state index contributed by atoms with van der Waals surface area (Å²) in [4.78, 5) is 26.4. The van der Waals surface area contributed by atoms with Crippen molar-refractivity contribution in [2.45, 2.75) is 64.5 Å². The van der Waals surface area contributed by atoms with Crippen molar-refractivity contribution >= 4 is 17.6 Å². The van der Waals surface area contributed by atoms with Gasteiger partial charge in [0.2, 0.25) is 0 Å². The molecular weight excluding hydrogens is 678 g/mol. The largest absolute Gasteiger partial charge is 0.496 e. The fourth-order valence-electron chi connectivity index (χ4n) is 6.54. The number of halogens is 8. The fourth-order valence-corrected chi connectivity index (χ4v) is 6.54. The van der Waals surface area contributed by atoms with Crippen LogP contribution in [0, 0.1) is 17.0 Å². The maximum absolute atomic E-state index is 15.5. The normalized spacial score (nSPS) is 19.5. The van der Waals surface area contributed by atoms with Crippen LogP contribution in [0.25, 0.3) is 16.7 Å². The first-order valence-corrected chi connectivity index (χ1v) is 15.5. The summed E-state index contributed by atoms with van der Waals surface area (Å²) in [6, 6.07) is 6.28. The maximum Gasteiger partial charge on any atom is 0.416 e. The molecule has 1 aliphatic heterocycles. The number of cyclic esters (lactones) is 1. The number of rotatable bonds is 7. The van der Waals surface area contributed by atoms with Gasteiger partial charge in [0.05, 0.1) is 37.0 Å². The molecule has 2 aliphatic rings. The van der Waals surface area contributed by atoms with Crippen molar-refractivity contribution in [1.29, 1.82) is 0 Å². The lowest BCUT2D eigenvalue weighted by Crippen LogP contribution is -2.35. The molecule has 3 aromatic rings. The third-order valence-corrected chi connectivity index (χ3v) is 9.16. The molecule has 2 atom stereocenters. The first-order chi connectivity index (χ1) is 23.2. The molecule has 0 saturated carbocycles. The van der Waals surface area contributed by atoms with E-state index in [0.29, 0.717) is 48.1 Å². The molecule has 0 radical (unpaired) electrons. The molecule has 3 aromatic carbocycles. The zero-order chi connectivity index (χ0) is 36.9. The van der Waals surface area contributed by atoms with Crippen LogP contribution in [-0.4, -0.2) is 43.8 Å². The zero-order valence-corrected chi connectivity index (χ0v) is 27.6. The monoisotopic (exact) mass is 711 g/mol. The van der Waals surface area contributed by atoms with Gasteiger partial charge in [0, 0.05) is 23.7 Å². The van der Waals surface area contributed by atoms with Gasteiger partial charge in [-0.2, -0.15) is 26.3 Å². The number of methoxy groups -OCH3 is 2. The molecule has 1 fully saturated rings. The highest BCUT2D eigenvalue weighted by Crippen LogP contribution is 2.47. The van der Waals surface area contributed by atoms with E-state index in [0.717, 1.165) is 19.2 Å². The van der Waals surface area contributed by atoms with E-state index in [1.165, 1.54) is 37.1 Å². The molecule has 0 spiro atoms. The zero-order valence-electron chi connectivity index (χ0n) is 27.6. The fraction of sp³-hybridized carbons (Fsp3) is 0.389. The molecule has 50 heavy (non-hydrogen) atoms. The van der Waals surface area contributed by atoms with Gasteiger partial charge >= 0.3 is 24.4 Å². The van der Waals surface area contributed by atoms with Gasteiger partial charge in [0.25, 0.3) is 0 Å². The Balaban J connectivity index is 1.57. The summed E-state index contributed by atoms with van der Waals surface area (Å²) < 4.78 is 127. The molecule has 0 aromatic heterocycles. The lowest BCUT2D eigenvalue weighted by atomic mass is 9.72. The van der Waals surface area contributed by atoms with Gasteiger partial charge < -0.3 is 14.2 Å². The second-order valence-electron chi connectivity index (χ2n) is 13.2. The van der Waals surface area contributed by atoms with Crippen LogP contribution in [0.1, 0.15) is 78.7 Å². The number of hydrogen-bond donors (Lipinski definition) is 0. The van der Waals surface area contributed by atoms with E-state index in [-0.39, 0.29) is 40.5 Å². The highest BCUT2D eigenvalue weighted by molar-refractivity contribution is 5.90. The van der Waals surface area contributed by atoms with Crippen LogP contribution in [0.2, 0.25) is 0 Å². The number of benzene rings is 3. The van der Waals surface area contributed by atoms with Crippen molar-refractivity contribution in [2.75, 3.05) is 20.8 Å². The summed E-state index contributed by atoms with van der Waals surface area (Å²) in [5, 5.41) is 0. The predicted molar refractivity (Wildman–Crippen MR) is 166 cm³/mol. The van der Waals surface area contributed by atoms with Gasteiger partial charge in [-0.15, -0.1) is 0 Å². The van der Waals surface area contributed by atoms with Gasteiger partial charge in [-0.25, -0.2) is 18.4 Å². The number of ether oxygens (including phenoxy) is 3. The first-order valence-electron chi connectivity index (χ1n) is 15.5. The number of esters is 1. The molecule has 0 unspecified atom stereocenters. The molecule has 0 N–H and O–H groups in total. The standard InChI is InChI=1S/C36H33F8NO5/c1-18-31(20-10-22(35(39,40)41)13-23(11-20)36(42,43)44)50-33(47)45(18)17-21-16-34(2,3)9-8-24(21)27-14-26(29(38)15-30(27)48-4)19-6-7-25(28(37)12-19)32(46)49-5/h6-7,10-15,18,31H,8-9,16-17H2,1-5H3/t18-,31-/m0/s1. The average Bonchev–Trinajstić information content (AvgIpc) is 3.31. The Morgan fingerprint density at radius 3 is 2.12 bits per heavy atom. The van der Waals surface area contributed by atoms with Crippen molar-refractivity contribution in [3.63, 3.8) is 0 Å². The van der Waals surface area contributed by atoms with Crippen molar-refractivity contribution < 1.29 is 58.9 Å². The van der Waals surface area contributed by atoms with Gasteiger partial charge in [-0.05, 0) is 90.3 Å². The van der Waals surface area contributed by atoms with Crippen LogP contribution in [0.5, 0.6) is 5.75 Å². The smallest absolute Gasteiger partial charge is 0.416 e. The van der Waals surface area contributed by atoms with Gasteiger partial charge in [0.15, 0.2) is 0 Å². The maximum atomic E-state index is 15.5. The summed E-state index contributed by atoms with van der Waals surface area (Å²) in [7, 11) is 2.43. The molecule has 0 bridgehead atoms. The quantitative estimate of drug-likeness (QED) is 0.180. The molecule has 5 rings (SSSR count). The third-order valence-electron chi connectivity index (χ3n) is 9.16. The Morgan fingerprint density at radius 2 is 1.56 bits per heavy atom. The number of allylic oxidation sites excluding steroid dienone is 1. The highest BCUT2D eigenvalue weighted by Gasteiger charge is 2.44. The Hall–Kier alpha value is -4.62.